The Bertz CT molecular complexity index is 397. The molecular formula is C14H20BrNO. The summed E-state index contributed by atoms with van der Waals surface area (Å²) in [6, 6.07) is 5.94. The topological polar surface area (TPSA) is 23.5 Å². The van der Waals surface area contributed by atoms with Crippen LogP contribution in [0.5, 0.6) is 5.75 Å². The number of hydrogen-bond donors (Lipinski definition) is 1. The second-order valence-corrected chi connectivity index (χ2v) is 6.20. The van der Waals surface area contributed by atoms with Gasteiger partial charge in [0.05, 0.1) is 0 Å². The lowest BCUT2D eigenvalue weighted by Crippen LogP contribution is -2.24. The van der Waals surface area contributed by atoms with Crippen molar-refractivity contribution in [1.29, 1.82) is 0 Å². The fraction of sp³-hybridized carbons (Fsp3) is 0.571. The summed E-state index contributed by atoms with van der Waals surface area (Å²) < 4.78 is 1.03. The molecule has 3 atom stereocenters. The molecule has 1 aromatic rings. The van der Waals surface area contributed by atoms with Crippen LogP contribution in [0.2, 0.25) is 0 Å². The lowest BCUT2D eigenvalue weighted by Gasteiger charge is -2.25. The first-order chi connectivity index (χ1) is 7.99. The fourth-order valence-corrected chi connectivity index (χ4v) is 2.93. The predicted molar refractivity (Wildman–Crippen MR) is 74.1 cm³/mol. The Hall–Kier alpha value is -0.540. The van der Waals surface area contributed by atoms with Gasteiger partial charge in [-0.25, -0.2) is 0 Å². The maximum atomic E-state index is 9.95. The summed E-state index contributed by atoms with van der Waals surface area (Å²) in [4.78, 5) is 2.46. The molecule has 0 amide bonds. The highest BCUT2D eigenvalue weighted by molar-refractivity contribution is 9.10. The van der Waals surface area contributed by atoms with Crippen LogP contribution >= 0.6 is 15.9 Å². The van der Waals surface area contributed by atoms with Gasteiger partial charge in [0.1, 0.15) is 5.75 Å². The Morgan fingerprint density at radius 1 is 1.29 bits per heavy atom. The molecule has 0 bridgehead atoms. The number of phenolic OH excluding ortho intramolecular Hbond substituents is 1. The lowest BCUT2D eigenvalue weighted by atomic mass is 10.0. The van der Waals surface area contributed by atoms with Gasteiger partial charge in [0.2, 0.25) is 0 Å². The first-order valence-electron chi connectivity index (χ1n) is 6.21. The Morgan fingerprint density at radius 3 is 2.47 bits per heavy atom. The van der Waals surface area contributed by atoms with Crippen LogP contribution in [0.15, 0.2) is 22.7 Å². The minimum absolute atomic E-state index is 0.278. The van der Waals surface area contributed by atoms with E-state index in [0.29, 0.717) is 5.75 Å². The molecule has 1 fully saturated rings. The van der Waals surface area contributed by atoms with Crippen molar-refractivity contribution in [2.24, 2.45) is 11.8 Å². The van der Waals surface area contributed by atoms with E-state index in [4.69, 9.17) is 0 Å². The van der Waals surface area contributed by atoms with E-state index in [1.807, 2.05) is 12.1 Å². The number of halogens is 1. The van der Waals surface area contributed by atoms with Crippen LogP contribution < -0.4 is 0 Å². The van der Waals surface area contributed by atoms with Crippen LogP contribution in [0.3, 0.4) is 0 Å². The molecule has 1 aliphatic heterocycles. The van der Waals surface area contributed by atoms with Crippen molar-refractivity contribution in [3.05, 3.63) is 28.2 Å². The molecular weight excluding hydrogens is 278 g/mol. The quantitative estimate of drug-likeness (QED) is 0.897. The molecule has 1 saturated heterocycles. The third kappa shape index (κ3) is 2.66. The fourth-order valence-electron chi connectivity index (χ4n) is 2.55. The van der Waals surface area contributed by atoms with Gasteiger partial charge in [-0.15, -0.1) is 0 Å². The van der Waals surface area contributed by atoms with Crippen LogP contribution in [0.25, 0.3) is 0 Å². The maximum absolute atomic E-state index is 9.95. The Kier molecular flexibility index (Phi) is 3.79. The molecule has 17 heavy (non-hydrogen) atoms. The molecule has 3 heteroatoms. The summed E-state index contributed by atoms with van der Waals surface area (Å²) in [5.41, 5.74) is 1.01. The molecule has 94 valence electrons. The summed E-state index contributed by atoms with van der Waals surface area (Å²) in [7, 11) is 0. The van der Waals surface area contributed by atoms with Gasteiger partial charge in [0, 0.05) is 29.2 Å². The lowest BCUT2D eigenvalue weighted by molar-refractivity contribution is 0.246. The zero-order valence-electron chi connectivity index (χ0n) is 10.7. The van der Waals surface area contributed by atoms with Crippen LogP contribution in [0.1, 0.15) is 32.4 Å². The highest BCUT2D eigenvalue weighted by Crippen LogP contribution is 2.35. The molecule has 0 aromatic heterocycles. The second kappa shape index (κ2) is 4.99. The van der Waals surface area contributed by atoms with Crippen molar-refractivity contribution in [2.75, 3.05) is 13.1 Å². The second-order valence-electron chi connectivity index (χ2n) is 5.29. The SMILES string of the molecule is CC1CN(C(C)c2cc(Br)ccc2O)CC1C. The van der Waals surface area contributed by atoms with Crippen molar-refractivity contribution in [2.45, 2.75) is 26.8 Å². The number of hydrogen-bond acceptors (Lipinski definition) is 2. The van der Waals surface area contributed by atoms with Crippen molar-refractivity contribution < 1.29 is 5.11 Å². The average molecular weight is 298 g/mol. The number of phenols is 1. The maximum Gasteiger partial charge on any atom is 0.120 e. The van der Waals surface area contributed by atoms with E-state index < -0.39 is 0 Å². The predicted octanol–water partition coefficient (Wildman–Crippen LogP) is 3.80. The number of benzene rings is 1. The Morgan fingerprint density at radius 2 is 1.88 bits per heavy atom. The molecule has 3 unspecified atom stereocenters. The molecule has 1 aliphatic rings. The molecule has 0 spiro atoms. The van der Waals surface area contributed by atoms with Crippen LogP contribution in [-0.4, -0.2) is 23.1 Å². The third-order valence-corrected chi connectivity index (χ3v) is 4.50. The van der Waals surface area contributed by atoms with Gasteiger partial charge >= 0.3 is 0 Å². The first kappa shape index (κ1) is 12.9. The zero-order chi connectivity index (χ0) is 12.6. The summed E-state index contributed by atoms with van der Waals surface area (Å²) >= 11 is 3.47. The average Bonchev–Trinajstić information content (AvgIpc) is 2.62. The Labute approximate surface area is 112 Å². The number of likely N-dealkylation sites (tertiary alicyclic amines) is 1. The normalized spacial score (nSPS) is 27.3. The summed E-state index contributed by atoms with van der Waals surface area (Å²) in [6.07, 6.45) is 0. The molecule has 2 rings (SSSR count). The Balaban J connectivity index is 2.20. The third-order valence-electron chi connectivity index (χ3n) is 4.00. The minimum Gasteiger partial charge on any atom is -0.508 e. The zero-order valence-corrected chi connectivity index (χ0v) is 12.2. The van der Waals surface area contributed by atoms with E-state index in [1.54, 1.807) is 6.07 Å². The van der Waals surface area contributed by atoms with Crippen LogP contribution in [0, 0.1) is 11.8 Å². The molecule has 1 aromatic carbocycles. The highest BCUT2D eigenvalue weighted by atomic mass is 79.9. The van der Waals surface area contributed by atoms with E-state index in [9.17, 15) is 5.11 Å². The van der Waals surface area contributed by atoms with E-state index >= 15 is 0 Å². The van der Waals surface area contributed by atoms with E-state index in [1.165, 1.54) is 0 Å². The number of aromatic hydroxyl groups is 1. The van der Waals surface area contributed by atoms with Gasteiger partial charge in [0.25, 0.3) is 0 Å². The van der Waals surface area contributed by atoms with Crippen LogP contribution in [0.4, 0.5) is 0 Å². The highest BCUT2D eigenvalue weighted by Gasteiger charge is 2.30. The summed E-state index contributed by atoms with van der Waals surface area (Å²) in [6.45, 7) is 9.02. The standard InChI is InChI=1S/C14H20BrNO/c1-9-7-16(8-10(9)2)11(3)13-6-12(15)4-5-14(13)17/h4-6,9-11,17H,7-8H2,1-3H3. The van der Waals surface area contributed by atoms with Gasteiger partial charge in [0.15, 0.2) is 0 Å². The van der Waals surface area contributed by atoms with Gasteiger partial charge in [-0.3, -0.25) is 4.90 Å². The monoisotopic (exact) mass is 297 g/mol. The number of nitrogens with zero attached hydrogens (tertiary/aromatic N) is 1. The molecule has 0 aliphatic carbocycles. The largest absolute Gasteiger partial charge is 0.508 e. The molecule has 1 heterocycles. The van der Waals surface area contributed by atoms with Gasteiger partial charge < -0.3 is 5.11 Å². The summed E-state index contributed by atoms with van der Waals surface area (Å²) in [5.74, 6) is 1.88. The summed E-state index contributed by atoms with van der Waals surface area (Å²) in [5, 5.41) is 9.95. The van der Waals surface area contributed by atoms with E-state index in [-0.39, 0.29) is 6.04 Å². The van der Waals surface area contributed by atoms with Crippen molar-refractivity contribution in [3.8, 4) is 5.75 Å². The van der Waals surface area contributed by atoms with E-state index in [0.717, 1.165) is 35.0 Å². The number of rotatable bonds is 2. The molecule has 1 N–H and O–H groups in total. The van der Waals surface area contributed by atoms with Gasteiger partial charge in [-0.1, -0.05) is 29.8 Å². The minimum atomic E-state index is 0.278. The first-order valence-corrected chi connectivity index (χ1v) is 7.00. The van der Waals surface area contributed by atoms with E-state index in [2.05, 4.69) is 41.6 Å². The smallest absolute Gasteiger partial charge is 0.120 e. The van der Waals surface area contributed by atoms with Gasteiger partial charge in [-0.05, 0) is 37.0 Å². The molecule has 0 saturated carbocycles. The molecule has 2 nitrogen and oxygen atoms in total. The van der Waals surface area contributed by atoms with Crippen molar-refractivity contribution in [3.63, 3.8) is 0 Å². The molecule has 0 radical (unpaired) electrons. The van der Waals surface area contributed by atoms with Gasteiger partial charge in [-0.2, -0.15) is 0 Å². The van der Waals surface area contributed by atoms with Crippen molar-refractivity contribution >= 4 is 15.9 Å². The van der Waals surface area contributed by atoms with Crippen molar-refractivity contribution in [1.82, 2.24) is 4.90 Å². The van der Waals surface area contributed by atoms with Crippen LogP contribution in [-0.2, 0) is 0 Å².